The van der Waals surface area contributed by atoms with Crippen LogP contribution in [-0.2, 0) is 6.42 Å². The molecule has 1 aromatic heterocycles. The average molecular weight is 279 g/mol. The van der Waals surface area contributed by atoms with Crippen molar-refractivity contribution in [3.8, 4) is 0 Å². The third-order valence-corrected chi connectivity index (χ3v) is 3.38. The van der Waals surface area contributed by atoms with Gasteiger partial charge in [0.1, 0.15) is 0 Å². The SMILES string of the molecule is O=C(NCCc1ccccc1)Nc1c[nH]c2ccccc12. The van der Waals surface area contributed by atoms with Crippen LogP contribution >= 0.6 is 0 Å². The van der Waals surface area contributed by atoms with Crippen molar-refractivity contribution >= 4 is 22.6 Å². The van der Waals surface area contributed by atoms with Gasteiger partial charge in [0.2, 0.25) is 0 Å². The highest BCUT2D eigenvalue weighted by atomic mass is 16.2. The first-order valence-corrected chi connectivity index (χ1v) is 6.98. The van der Waals surface area contributed by atoms with Gasteiger partial charge in [-0.1, -0.05) is 48.5 Å². The molecule has 3 rings (SSSR count). The summed E-state index contributed by atoms with van der Waals surface area (Å²) >= 11 is 0. The van der Waals surface area contributed by atoms with E-state index in [2.05, 4.69) is 27.8 Å². The van der Waals surface area contributed by atoms with Gasteiger partial charge in [-0.25, -0.2) is 4.79 Å². The normalized spacial score (nSPS) is 10.5. The summed E-state index contributed by atoms with van der Waals surface area (Å²) in [6.07, 6.45) is 2.63. The molecule has 21 heavy (non-hydrogen) atoms. The lowest BCUT2D eigenvalue weighted by Gasteiger charge is -2.06. The van der Waals surface area contributed by atoms with Crippen molar-refractivity contribution in [2.45, 2.75) is 6.42 Å². The minimum absolute atomic E-state index is 0.185. The molecule has 106 valence electrons. The van der Waals surface area contributed by atoms with Gasteiger partial charge in [0.25, 0.3) is 0 Å². The van der Waals surface area contributed by atoms with Crippen molar-refractivity contribution in [1.82, 2.24) is 10.3 Å². The van der Waals surface area contributed by atoms with Crippen molar-refractivity contribution in [3.05, 3.63) is 66.4 Å². The number of aromatic amines is 1. The molecule has 2 amide bonds. The molecule has 3 aromatic rings. The maximum atomic E-state index is 11.9. The molecule has 0 saturated heterocycles. The van der Waals surface area contributed by atoms with Crippen molar-refractivity contribution in [1.29, 1.82) is 0 Å². The molecule has 0 radical (unpaired) electrons. The fourth-order valence-electron chi connectivity index (χ4n) is 2.31. The van der Waals surface area contributed by atoms with Gasteiger partial charge < -0.3 is 15.6 Å². The number of carbonyl (C=O) groups excluding carboxylic acids is 1. The lowest BCUT2D eigenvalue weighted by Crippen LogP contribution is -2.30. The Morgan fingerprint density at radius 1 is 1.00 bits per heavy atom. The summed E-state index contributed by atoms with van der Waals surface area (Å²) in [7, 11) is 0. The van der Waals surface area contributed by atoms with E-state index in [0.717, 1.165) is 23.0 Å². The molecule has 4 heteroatoms. The second kappa shape index (κ2) is 6.13. The minimum Gasteiger partial charge on any atom is -0.359 e. The van der Waals surface area contributed by atoms with E-state index < -0.39 is 0 Å². The van der Waals surface area contributed by atoms with Crippen LogP contribution in [0, 0.1) is 0 Å². The molecule has 1 heterocycles. The summed E-state index contributed by atoms with van der Waals surface area (Å²) in [5.41, 5.74) is 3.02. The van der Waals surface area contributed by atoms with Crippen LogP contribution in [0.4, 0.5) is 10.5 Å². The third kappa shape index (κ3) is 3.23. The topological polar surface area (TPSA) is 56.9 Å². The van der Waals surface area contributed by atoms with Gasteiger partial charge in [0, 0.05) is 23.6 Å². The predicted octanol–water partition coefficient (Wildman–Crippen LogP) is 3.53. The zero-order chi connectivity index (χ0) is 14.5. The summed E-state index contributed by atoms with van der Waals surface area (Å²) in [6.45, 7) is 0.609. The highest BCUT2D eigenvalue weighted by Gasteiger charge is 2.06. The molecule has 0 aliphatic rings. The first-order chi connectivity index (χ1) is 10.3. The molecule has 2 aromatic carbocycles. The molecule has 0 atom stereocenters. The van der Waals surface area contributed by atoms with Crippen LogP contribution in [0.1, 0.15) is 5.56 Å². The second-order valence-electron chi connectivity index (χ2n) is 4.86. The Kier molecular flexibility index (Phi) is 3.87. The van der Waals surface area contributed by atoms with Gasteiger partial charge in [0.05, 0.1) is 5.69 Å². The molecule has 0 spiro atoms. The number of benzene rings is 2. The summed E-state index contributed by atoms with van der Waals surface area (Å²) in [6, 6.07) is 17.8. The van der Waals surface area contributed by atoms with E-state index in [0.29, 0.717) is 6.54 Å². The number of amides is 2. The van der Waals surface area contributed by atoms with Crippen molar-refractivity contribution < 1.29 is 4.79 Å². The number of hydrogen-bond donors (Lipinski definition) is 3. The number of fused-ring (bicyclic) bond motifs is 1. The molecule has 0 saturated carbocycles. The average Bonchev–Trinajstić information content (AvgIpc) is 2.92. The quantitative estimate of drug-likeness (QED) is 0.672. The largest absolute Gasteiger partial charge is 0.359 e. The van der Waals surface area contributed by atoms with Crippen LogP contribution < -0.4 is 10.6 Å². The number of para-hydroxylation sites is 1. The maximum Gasteiger partial charge on any atom is 0.319 e. The fourth-order valence-corrected chi connectivity index (χ4v) is 2.31. The van der Waals surface area contributed by atoms with E-state index in [1.54, 1.807) is 6.20 Å². The number of hydrogen-bond acceptors (Lipinski definition) is 1. The Morgan fingerprint density at radius 2 is 1.76 bits per heavy atom. The van der Waals surface area contributed by atoms with Gasteiger partial charge >= 0.3 is 6.03 Å². The number of aromatic nitrogens is 1. The Morgan fingerprint density at radius 3 is 2.62 bits per heavy atom. The number of anilines is 1. The number of nitrogens with one attached hydrogen (secondary N) is 3. The van der Waals surface area contributed by atoms with Gasteiger partial charge in [0.15, 0.2) is 0 Å². The molecular weight excluding hydrogens is 262 g/mol. The highest BCUT2D eigenvalue weighted by Crippen LogP contribution is 2.22. The van der Waals surface area contributed by atoms with Crippen LogP contribution in [-0.4, -0.2) is 17.6 Å². The lowest BCUT2D eigenvalue weighted by atomic mass is 10.1. The van der Waals surface area contributed by atoms with E-state index in [1.807, 2.05) is 42.5 Å². The predicted molar refractivity (Wildman–Crippen MR) is 85.5 cm³/mol. The van der Waals surface area contributed by atoms with Gasteiger partial charge in [-0.2, -0.15) is 0 Å². The zero-order valence-electron chi connectivity index (χ0n) is 11.6. The Hall–Kier alpha value is -2.75. The Balaban J connectivity index is 1.55. The Labute approximate surface area is 123 Å². The Bertz CT molecular complexity index is 734. The second-order valence-corrected chi connectivity index (χ2v) is 4.86. The highest BCUT2D eigenvalue weighted by molar-refractivity contribution is 6.00. The number of urea groups is 1. The molecule has 4 nitrogen and oxygen atoms in total. The zero-order valence-corrected chi connectivity index (χ0v) is 11.6. The van der Waals surface area contributed by atoms with Gasteiger partial charge in [-0.3, -0.25) is 0 Å². The minimum atomic E-state index is -0.185. The van der Waals surface area contributed by atoms with Crippen molar-refractivity contribution in [3.63, 3.8) is 0 Å². The monoisotopic (exact) mass is 279 g/mol. The van der Waals surface area contributed by atoms with Crippen LogP contribution in [0.5, 0.6) is 0 Å². The van der Waals surface area contributed by atoms with E-state index in [1.165, 1.54) is 5.56 Å². The van der Waals surface area contributed by atoms with E-state index in [-0.39, 0.29) is 6.03 Å². The van der Waals surface area contributed by atoms with E-state index >= 15 is 0 Å². The van der Waals surface area contributed by atoms with Gasteiger partial charge in [-0.15, -0.1) is 0 Å². The summed E-state index contributed by atoms with van der Waals surface area (Å²) in [5, 5.41) is 6.75. The molecule has 0 fully saturated rings. The smallest absolute Gasteiger partial charge is 0.319 e. The first kappa shape index (κ1) is 13.2. The molecule has 0 aliphatic heterocycles. The molecule has 0 unspecified atom stereocenters. The summed E-state index contributed by atoms with van der Waals surface area (Å²) in [5.74, 6) is 0. The first-order valence-electron chi connectivity index (χ1n) is 6.98. The fraction of sp³-hybridized carbons (Fsp3) is 0.118. The number of rotatable bonds is 4. The van der Waals surface area contributed by atoms with Crippen LogP contribution in [0.25, 0.3) is 10.9 Å². The van der Waals surface area contributed by atoms with Crippen LogP contribution in [0.3, 0.4) is 0 Å². The van der Waals surface area contributed by atoms with Crippen molar-refractivity contribution in [2.24, 2.45) is 0 Å². The van der Waals surface area contributed by atoms with Crippen LogP contribution in [0.15, 0.2) is 60.8 Å². The standard InChI is InChI=1S/C17H17N3O/c21-17(18-11-10-13-6-2-1-3-7-13)20-16-12-19-15-9-5-4-8-14(15)16/h1-9,12,19H,10-11H2,(H2,18,20,21). The maximum absolute atomic E-state index is 11.9. The summed E-state index contributed by atoms with van der Waals surface area (Å²) in [4.78, 5) is 15.0. The van der Waals surface area contributed by atoms with Gasteiger partial charge in [-0.05, 0) is 18.1 Å². The lowest BCUT2D eigenvalue weighted by molar-refractivity contribution is 0.252. The number of H-pyrrole nitrogens is 1. The number of carbonyl (C=O) groups is 1. The molecule has 0 aliphatic carbocycles. The van der Waals surface area contributed by atoms with Crippen molar-refractivity contribution in [2.75, 3.05) is 11.9 Å². The van der Waals surface area contributed by atoms with E-state index in [4.69, 9.17) is 0 Å². The third-order valence-electron chi connectivity index (χ3n) is 3.38. The summed E-state index contributed by atoms with van der Waals surface area (Å²) < 4.78 is 0. The molecule has 0 bridgehead atoms. The molecule has 3 N–H and O–H groups in total. The van der Waals surface area contributed by atoms with Crippen LogP contribution in [0.2, 0.25) is 0 Å². The molecular formula is C17H17N3O. The van der Waals surface area contributed by atoms with E-state index in [9.17, 15) is 4.79 Å².